The van der Waals surface area contributed by atoms with Crippen LogP contribution in [0.2, 0.25) is 0 Å². The standard InChI is InChI=1S/C18H25N3O2/c1-13-4-6-14(7-5-13)17-9-19-20-18(17)15-3-2-8-21(10-15)16(11-22)12-23/h4-7,9,15-16,22-23H,2-3,8,10-12H2,1H3,(H,19,20). The van der Waals surface area contributed by atoms with Crippen molar-refractivity contribution in [3.05, 3.63) is 41.7 Å². The molecule has 2 aromatic rings. The molecule has 1 saturated heterocycles. The number of benzene rings is 1. The Morgan fingerprint density at radius 2 is 2.00 bits per heavy atom. The van der Waals surface area contributed by atoms with Crippen LogP contribution in [0.25, 0.3) is 11.1 Å². The smallest absolute Gasteiger partial charge is 0.0609 e. The summed E-state index contributed by atoms with van der Waals surface area (Å²) >= 11 is 0. The highest BCUT2D eigenvalue weighted by atomic mass is 16.3. The van der Waals surface area contributed by atoms with E-state index in [-0.39, 0.29) is 19.3 Å². The van der Waals surface area contributed by atoms with Gasteiger partial charge in [0, 0.05) is 23.7 Å². The molecule has 0 bridgehead atoms. The van der Waals surface area contributed by atoms with Crippen molar-refractivity contribution in [1.29, 1.82) is 0 Å². The van der Waals surface area contributed by atoms with Crippen LogP contribution in [-0.4, -0.2) is 57.7 Å². The average Bonchev–Trinajstić information content (AvgIpc) is 3.07. The molecular weight excluding hydrogens is 290 g/mol. The number of H-pyrrole nitrogens is 1. The number of hydrogen-bond acceptors (Lipinski definition) is 4. The summed E-state index contributed by atoms with van der Waals surface area (Å²) in [6.07, 6.45) is 4.06. The van der Waals surface area contributed by atoms with E-state index in [4.69, 9.17) is 0 Å². The molecule has 3 N–H and O–H groups in total. The number of nitrogens with zero attached hydrogens (tertiary/aromatic N) is 2. The molecule has 2 heterocycles. The minimum atomic E-state index is -0.163. The lowest BCUT2D eigenvalue weighted by Gasteiger charge is -2.36. The van der Waals surface area contributed by atoms with Crippen LogP contribution in [0.5, 0.6) is 0 Å². The number of nitrogens with one attached hydrogen (secondary N) is 1. The van der Waals surface area contributed by atoms with Gasteiger partial charge in [-0.15, -0.1) is 0 Å². The summed E-state index contributed by atoms with van der Waals surface area (Å²) in [4.78, 5) is 2.19. The molecule has 0 spiro atoms. The predicted molar refractivity (Wildman–Crippen MR) is 90.3 cm³/mol. The maximum absolute atomic E-state index is 9.43. The van der Waals surface area contributed by atoms with Crippen molar-refractivity contribution in [2.24, 2.45) is 0 Å². The second-order valence-electron chi connectivity index (χ2n) is 6.42. The van der Waals surface area contributed by atoms with Gasteiger partial charge < -0.3 is 10.2 Å². The van der Waals surface area contributed by atoms with Gasteiger partial charge in [0.1, 0.15) is 0 Å². The van der Waals surface area contributed by atoms with Gasteiger partial charge in [-0.1, -0.05) is 29.8 Å². The molecule has 1 aliphatic rings. The zero-order valence-electron chi connectivity index (χ0n) is 13.6. The molecular formula is C18H25N3O2. The predicted octanol–water partition coefficient (Wildman–Crippen LogP) is 1.92. The Morgan fingerprint density at radius 1 is 1.26 bits per heavy atom. The number of rotatable bonds is 5. The van der Waals surface area contributed by atoms with Crippen LogP contribution < -0.4 is 0 Å². The van der Waals surface area contributed by atoms with Crippen molar-refractivity contribution in [2.45, 2.75) is 31.7 Å². The summed E-state index contributed by atoms with van der Waals surface area (Å²) in [5, 5.41) is 26.3. The first-order valence-electron chi connectivity index (χ1n) is 8.29. The normalized spacial score (nSPS) is 19.4. The fourth-order valence-electron chi connectivity index (χ4n) is 3.43. The molecule has 1 aromatic carbocycles. The Kier molecular flexibility index (Phi) is 5.10. The summed E-state index contributed by atoms with van der Waals surface area (Å²) in [5.74, 6) is 0.350. The quantitative estimate of drug-likeness (QED) is 0.788. The van der Waals surface area contributed by atoms with Gasteiger partial charge in [-0.3, -0.25) is 10.00 Å². The lowest BCUT2D eigenvalue weighted by molar-refractivity contribution is 0.0546. The molecule has 1 aliphatic heterocycles. The van der Waals surface area contributed by atoms with Crippen molar-refractivity contribution >= 4 is 0 Å². The second kappa shape index (κ2) is 7.25. The number of piperidine rings is 1. The number of aromatic nitrogens is 2. The highest BCUT2D eigenvalue weighted by Gasteiger charge is 2.28. The van der Waals surface area contributed by atoms with E-state index in [0.29, 0.717) is 5.92 Å². The van der Waals surface area contributed by atoms with Crippen LogP contribution in [0, 0.1) is 6.92 Å². The van der Waals surface area contributed by atoms with Crippen molar-refractivity contribution in [2.75, 3.05) is 26.3 Å². The van der Waals surface area contributed by atoms with Crippen LogP contribution in [0.3, 0.4) is 0 Å². The third-order valence-corrected chi connectivity index (χ3v) is 4.83. The van der Waals surface area contributed by atoms with Crippen molar-refractivity contribution < 1.29 is 10.2 Å². The van der Waals surface area contributed by atoms with E-state index in [1.807, 2.05) is 6.20 Å². The van der Waals surface area contributed by atoms with Gasteiger partial charge in [0.15, 0.2) is 0 Å². The maximum atomic E-state index is 9.43. The molecule has 0 radical (unpaired) electrons. The van der Waals surface area contributed by atoms with Gasteiger partial charge >= 0.3 is 0 Å². The second-order valence-corrected chi connectivity index (χ2v) is 6.42. The first-order valence-corrected chi connectivity index (χ1v) is 8.29. The van der Waals surface area contributed by atoms with E-state index in [9.17, 15) is 10.2 Å². The summed E-state index contributed by atoms with van der Waals surface area (Å²) in [5.41, 5.74) is 4.74. The number of aryl methyl sites for hydroxylation is 1. The van der Waals surface area contributed by atoms with E-state index < -0.39 is 0 Å². The van der Waals surface area contributed by atoms with Crippen molar-refractivity contribution in [1.82, 2.24) is 15.1 Å². The zero-order chi connectivity index (χ0) is 16.2. The number of likely N-dealkylation sites (tertiary alicyclic amines) is 1. The van der Waals surface area contributed by atoms with Gasteiger partial charge in [-0.2, -0.15) is 5.10 Å². The molecule has 0 amide bonds. The fraction of sp³-hybridized carbons (Fsp3) is 0.500. The van der Waals surface area contributed by atoms with Gasteiger partial charge in [-0.05, 0) is 31.9 Å². The monoisotopic (exact) mass is 315 g/mol. The van der Waals surface area contributed by atoms with Crippen LogP contribution in [-0.2, 0) is 0 Å². The minimum absolute atomic E-state index is 0.00296. The van der Waals surface area contributed by atoms with Gasteiger partial charge in [-0.25, -0.2) is 0 Å². The third-order valence-electron chi connectivity index (χ3n) is 4.83. The molecule has 1 aromatic heterocycles. The molecule has 3 rings (SSSR count). The fourth-order valence-corrected chi connectivity index (χ4v) is 3.43. The molecule has 1 atom stereocenters. The average molecular weight is 315 g/mol. The van der Waals surface area contributed by atoms with E-state index in [2.05, 4.69) is 46.3 Å². The summed E-state index contributed by atoms with van der Waals surface area (Å²) in [6.45, 7) is 3.85. The topological polar surface area (TPSA) is 72.4 Å². The van der Waals surface area contributed by atoms with Gasteiger partial charge in [0.25, 0.3) is 0 Å². The van der Waals surface area contributed by atoms with E-state index >= 15 is 0 Å². The van der Waals surface area contributed by atoms with E-state index in [0.717, 1.165) is 37.2 Å². The number of aromatic amines is 1. The zero-order valence-corrected chi connectivity index (χ0v) is 13.6. The number of aliphatic hydroxyl groups excluding tert-OH is 2. The van der Waals surface area contributed by atoms with Crippen LogP contribution in [0.1, 0.15) is 30.0 Å². The van der Waals surface area contributed by atoms with E-state index in [1.54, 1.807) is 0 Å². The number of aliphatic hydroxyl groups is 2. The Morgan fingerprint density at radius 3 is 2.70 bits per heavy atom. The summed E-state index contributed by atoms with van der Waals surface area (Å²) < 4.78 is 0. The van der Waals surface area contributed by atoms with Crippen LogP contribution >= 0.6 is 0 Å². The van der Waals surface area contributed by atoms with E-state index in [1.165, 1.54) is 11.1 Å². The lowest BCUT2D eigenvalue weighted by Crippen LogP contribution is -2.45. The molecule has 124 valence electrons. The van der Waals surface area contributed by atoms with Crippen LogP contribution in [0.15, 0.2) is 30.5 Å². The molecule has 5 heteroatoms. The van der Waals surface area contributed by atoms with Crippen molar-refractivity contribution in [3.8, 4) is 11.1 Å². The molecule has 0 aliphatic carbocycles. The first-order chi connectivity index (χ1) is 11.2. The molecule has 1 unspecified atom stereocenters. The summed E-state index contributed by atoms with van der Waals surface area (Å²) in [6, 6.07) is 8.34. The largest absolute Gasteiger partial charge is 0.395 e. The highest BCUT2D eigenvalue weighted by molar-refractivity contribution is 5.66. The highest BCUT2D eigenvalue weighted by Crippen LogP contribution is 2.33. The number of hydrogen-bond donors (Lipinski definition) is 3. The summed E-state index contributed by atoms with van der Waals surface area (Å²) in [7, 11) is 0. The molecule has 23 heavy (non-hydrogen) atoms. The Bertz CT molecular complexity index is 619. The Labute approximate surface area is 137 Å². The first kappa shape index (κ1) is 16.2. The molecule has 0 saturated carbocycles. The SMILES string of the molecule is Cc1ccc(-c2cn[nH]c2C2CCCN(C(CO)CO)C2)cc1. The van der Waals surface area contributed by atoms with Gasteiger partial charge in [0.2, 0.25) is 0 Å². The minimum Gasteiger partial charge on any atom is -0.395 e. The lowest BCUT2D eigenvalue weighted by atomic mass is 9.90. The molecule has 1 fully saturated rings. The Hall–Kier alpha value is -1.69. The Balaban J connectivity index is 1.82. The van der Waals surface area contributed by atoms with Gasteiger partial charge in [0.05, 0.1) is 25.5 Å². The third kappa shape index (κ3) is 3.47. The van der Waals surface area contributed by atoms with Crippen LogP contribution in [0.4, 0.5) is 0 Å². The molecule has 5 nitrogen and oxygen atoms in total. The van der Waals surface area contributed by atoms with Crippen molar-refractivity contribution in [3.63, 3.8) is 0 Å². The maximum Gasteiger partial charge on any atom is 0.0609 e.